The molecule has 8 heteroatoms. The van der Waals surface area contributed by atoms with Crippen LogP contribution < -0.4 is 18.9 Å². The molecule has 156 valence electrons. The molecule has 1 unspecified atom stereocenters. The van der Waals surface area contributed by atoms with E-state index in [4.69, 9.17) is 14.2 Å². The molecule has 1 aromatic heterocycles. The summed E-state index contributed by atoms with van der Waals surface area (Å²) in [6.45, 7) is 2.25. The topological polar surface area (TPSA) is 86.8 Å². The van der Waals surface area contributed by atoms with E-state index in [9.17, 15) is 9.00 Å². The van der Waals surface area contributed by atoms with Gasteiger partial charge in [-0.2, -0.15) is 0 Å². The molecule has 2 aliphatic rings. The predicted octanol–water partition coefficient (Wildman–Crippen LogP) is 3.83. The normalized spacial score (nSPS) is 19.3. The van der Waals surface area contributed by atoms with Crippen LogP contribution >= 0.6 is 0 Å². The third-order valence-corrected chi connectivity index (χ3v) is 6.13. The van der Waals surface area contributed by atoms with Crippen LogP contribution in [0.4, 0.5) is 0 Å². The van der Waals surface area contributed by atoms with Gasteiger partial charge in [0, 0.05) is 17.8 Å². The lowest BCUT2D eigenvalue weighted by Gasteiger charge is -2.14. The molecular weight excluding hydrogens is 416 g/mol. The summed E-state index contributed by atoms with van der Waals surface area (Å²) in [5.41, 5.74) is 2.40. The Morgan fingerprint density at radius 2 is 1.90 bits per heavy atom. The lowest BCUT2D eigenvalue weighted by Crippen LogP contribution is -2.16. The number of aryl methyl sites for hydroxylation is 1. The summed E-state index contributed by atoms with van der Waals surface area (Å²) in [5.74, 6) is 2.23. The smallest absolute Gasteiger partial charge is 0.257 e. The number of nitrogens with zero attached hydrogens (tertiary/aromatic N) is 1. The van der Waals surface area contributed by atoms with Crippen LogP contribution in [0.3, 0.4) is 0 Å². The second kappa shape index (κ2) is 7.88. The fraction of sp³-hybridized carbons (Fsp3) is 0.130. The predicted molar refractivity (Wildman–Crippen MR) is 115 cm³/mol. The maximum atomic E-state index is 11.9. The number of aromatic nitrogens is 1. The van der Waals surface area contributed by atoms with Gasteiger partial charge in [0.2, 0.25) is 0 Å². The van der Waals surface area contributed by atoms with Crippen molar-refractivity contribution in [3.63, 3.8) is 0 Å². The van der Waals surface area contributed by atoms with Gasteiger partial charge in [-0.1, -0.05) is 24.3 Å². The Balaban J connectivity index is 1.34. The van der Waals surface area contributed by atoms with E-state index in [1.807, 2.05) is 37.3 Å². The Morgan fingerprint density at radius 1 is 1.10 bits per heavy atom. The minimum absolute atomic E-state index is 0.289. The summed E-state index contributed by atoms with van der Waals surface area (Å²) in [5, 5.41) is 0. The molecular formula is C23H18N2O5S. The Kier molecular flexibility index (Phi) is 4.91. The first-order valence-electron chi connectivity index (χ1n) is 9.65. The number of amides is 1. The number of para-hydroxylation sites is 1. The van der Waals surface area contributed by atoms with Crippen molar-refractivity contribution in [2.75, 3.05) is 6.61 Å². The van der Waals surface area contributed by atoms with Crippen molar-refractivity contribution in [3.05, 3.63) is 83.7 Å². The molecule has 1 N–H and O–H groups in total. The van der Waals surface area contributed by atoms with Crippen LogP contribution in [0.25, 0.3) is 4.91 Å². The first-order chi connectivity index (χ1) is 15.1. The van der Waals surface area contributed by atoms with Crippen LogP contribution in [0.15, 0.2) is 66.9 Å². The van der Waals surface area contributed by atoms with Gasteiger partial charge in [-0.3, -0.25) is 14.5 Å². The second-order valence-corrected chi connectivity index (χ2v) is 8.23. The highest BCUT2D eigenvalue weighted by Crippen LogP contribution is 2.43. The van der Waals surface area contributed by atoms with Gasteiger partial charge in [0.15, 0.2) is 28.6 Å². The fourth-order valence-electron chi connectivity index (χ4n) is 3.46. The minimum Gasteiger partial charge on any atom is -0.485 e. The molecule has 2 aliphatic heterocycles. The van der Waals surface area contributed by atoms with E-state index in [0.717, 1.165) is 11.3 Å². The highest BCUT2D eigenvalue weighted by atomic mass is 32.2. The zero-order chi connectivity index (χ0) is 21.4. The lowest BCUT2D eigenvalue weighted by molar-refractivity contribution is -0.114. The number of carbonyl (C=O) groups is 1. The Hall–Kier alpha value is -3.65. The second-order valence-electron chi connectivity index (χ2n) is 7.05. The molecule has 0 radical (unpaired) electrons. The SMILES string of the molecule is Cc1ncccc1Oc1cccc2c1OC[C@H]2Oc1ccc(C2=CC(=O)NS2=O)cc1. The molecule has 0 aliphatic carbocycles. The molecule has 0 spiro atoms. The average Bonchev–Trinajstić information content (AvgIpc) is 3.33. The zero-order valence-electron chi connectivity index (χ0n) is 16.5. The third kappa shape index (κ3) is 3.77. The summed E-state index contributed by atoms with van der Waals surface area (Å²) in [6, 6.07) is 16.5. The van der Waals surface area contributed by atoms with E-state index in [0.29, 0.717) is 40.1 Å². The summed E-state index contributed by atoms with van der Waals surface area (Å²) in [7, 11) is -1.52. The van der Waals surface area contributed by atoms with Gasteiger partial charge in [-0.25, -0.2) is 4.21 Å². The molecule has 0 fully saturated rings. The van der Waals surface area contributed by atoms with E-state index in [1.54, 1.807) is 30.5 Å². The van der Waals surface area contributed by atoms with E-state index < -0.39 is 11.0 Å². The average molecular weight is 434 g/mol. The molecule has 0 saturated heterocycles. The summed E-state index contributed by atoms with van der Waals surface area (Å²) in [4.78, 5) is 16.1. The van der Waals surface area contributed by atoms with Gasteiger partial charge in [-0.05, 0) is 42.8 Å². The maximum absolute atomic E-state index is 11.9. The first-order valence-corrected chi connectivity index (χ1v) is 10.8. The van der Waals surface area contributed by atoms with Crippen LogP contribution in [0.1, 0.15) is 22.9 Å². The number of carbonyl (C=O) groups excluding carboxylic acids is 1. The van der Waals surface area contributed by atoms with Crippen molar-refractivity contribution >= 4 is 21.8 Å². The Labute approximate surface area is 181 Å². The molecule has 0 bridgehead atoms. The maximum Gasteiger partial charge on any atom is 0.257 e. The van der Waals surface area contributed by atoms with Gasteiger partial charge in [0.1, 0.15) is 18.1 Å². The lowest BCUT2D eigenvalue weighted by atomic mass is 10.1. The molecule has 3 heterocycles. The number of benzene rings is 2. The summed E-state index contributed by atoms with van der Waals surface area (Å²) >= 11 is 0. The van der Waals surface area contributed by atoms with Crippen LogP contribution in [0.2, 0.25) is 0 Å². The van der Waals surface area contributed by atoms with E-state index in [2.05, 4.69) is 9.71 Å². The molecule has 31 heavy (non-hydrogen) atoms. The largest absolute Gasteiger partial charge is 0.485 e. The fourth-order valence-corrected chi connectivity index (χ4v) is 4.38. The van der Waals surface area contributed by atoms with Gasteiger partial charge >= 0.3 is 0 Å². The van der Waals surface area contributed by atoms with Crippen LogP contribution in [-0.2, 0) is 15.8 Å². The van der Waals surface area contributed by atoms with Crippen molar-refractivity contribution < 1.29 is 23.2 Å². The van der Waals surface area contributed by atoms with Crippen LogP contribution in [0.5, 0.6) is 23.0 Å². The Bertz CT molecular complexity index is 1220. The quantitative estimate of drug-likeness (QED) is 0.657. The van der Waals surface area contributed by atoms with Gasteiger partial charge in [-0.15, -0.1) is 0 Å². The van der Waals surface area contributed by atoms with Crippen LogP contribution in [-0.4, -0.2) is 21.7 Å². The first kappa shape index (κ1) is 19.3. The van der Waals surface area contributed by atoms with E-state index in [1.165, 1.54) is 6.08 Å². The van der Waals surface area contributed by atoms with E-state index >= 15 is 0 Å². The molecule has 2 atom stereocenters. The number of nitrogens with one attached hydrogen (secondary N) is 1. The summed E-state index contributed by atoms with van der Waals surface area (Å²) < 4.78 is 32.3. The van der Waals surface area contributed by atoms with Crippen molar-refractivity contribution in [1.82, 2.24) is 9.71 Å². The van der Waals surface area contributed by atoms with Crippen molar-refractivity contribution in [3.8, 4) is 23.0 Å². The number of hydrogen-bond acceptors (Lipinski definition) is 6. The standard InChI is InChI=1S/C23H18N2O5S/c1-14-18(6-3-11-24-14)30-19-5-2-4-17-20(13-28-23(17)19)29-16-9-7-15(8-10-16)21-12-22(26)25-31(21)27/h2-12,20H,13H2,1H3,(H,25,26)/t20-,31?/m1/s1. The molecule has 3 aromatic rings. The number of rotatable bonds is 5. The minimum atomic E-state index is -1.52. The molecule has 7 nitrogen and oxygen atoms in total. The Morgan fingerprint density at radius 3 is 2.65 bits per heavy atom. The monoisotopic (exact) mass is 434 g/mol. The molecule has 5 rings (SSSR count). The van der Waals surface area contributed by atoms with Crippen molar-refractivity contribution in [2.45, 2.75) is 13.0 Å². The zero-order valence-corrected chi connectivity index (χ0v) is 17.3. The van der Waals surface area contributed by atoms with Gasteiger partial charge < -0.3 is 14.2 Å². The highest BCUT2D eigenvalue weighted by molar-refractivity contribution is 7.93. The third-order valence-electron chi connectivity index (χ3n) is 4.99. The van der Waals surface area contributed by atoms with Crippen molar-refractivity contribution in [2.24, 2.45) is 0 Å². The van der Waals surface area contributed by atoms with Crippen LogP contribution in [0, 0.1) is 6.92 Å². The molecule has 2 aromatic carbocycles. The van der Waals surface area contributed by atoms with Gasteiger partial charge in [0.25, 0.3) is 5.91 Å². The number of ether oxygens (including phenoxy) is 3. The number of hydrogen-bond donors (Lipinski definition) is 1. The molecule has 1 amide bonds. The van der Waals surface area contributed by atoms with Crippen molar-refractivity contribution in [1.29, 1.82) is 0 Å². The molecule has 0 saturated carbocycles. The summed E-state index contributed by atoms with van der Waals surface area (Å²) in [6.07, 6.45) is 2.78. The highest BCUT2D eigenvalue weighted by Gasteiger charge is 2.29. The number of fused-ring (bicyclic) bond motifs is 1. The van der Waals surface area contributed by atoms with Gasteiger partial charge in [0.05, 0.1) is 10.6 Å². The number of pyridine rings is 1. The van der Waals surface area contributed by atoms with E-state index in [-0.39, 0.29) is 12.0 Å².